The molecular weight excluding hydrogens is 264 g/mol. The van der Waals surface area contributed by atoms with Gasteiger partial charge in [0.15, 0.2) is 0 Å². The fourth-order valence-corrected chi connectivity index (χ4v) is 3.43. The molecule has 0 spiro atoms. The number of aliphatic hydroxyl groups is 1. The average Bonchev–Trinajstić information content (AvgIpc) is 2.60. The lowest BCUT2D eigenvalue weighted by Crippen LogP contribution is -2.29. The lowest BCUT2D eigenvalue weighted by atomic mass is 9.92. The fourth-order valence-electron chi connectivity index (χ4n) is 2.36. The molecule has 1 aliphatic rings. The van der Waals surface area contributed by atoms with E-state index >= 15 is 0 Å². The van der Waals surface area contributed by atoms with E-state index in [2.05, 4.69) is 5.10 Å². The van der Waals surface area contributed by atoms with Crippen LogP contribution in [0.25, 0.3) is 0 Å². The van der Waals surface area contributed by atoms with E-state index in [1.165, 1.54) is 6.20 Å². The first-order valence-electron chi connectivity index (χ1n) is 5.58. The van der Waals surface area contributed by atoms with Crippen LogP contribution in [0, 0.1) is 6.92 Å². The zero-order valence-corrected chi connectivity index (χ0v) is 11.1. The van der Waals surface area contributed by atoms with E-state index in [0.29, 0.717) is 5.69 Å². The first-order chi connectivity index (χ1) is 7.91. The van der Waals surface area contributed by atoms with E-state index in [1.807, 2.05) is 0 Å². The maximum atomic E-state index is 11.3. The molecule has 1 fully saturated rings. The van der Waals surface area contributed by atoms with E-state index in [0.717, 1.165) is 25.7 Å². The molecule has 1 saturated carbocycles. The van der Waals surface area contributed by atoms with Crippen LogP contribution < -0.4 is 0 Å². The van der Waals surface area contributed by atoms with Crippen molar-refractivity contribution in [1.29, 1.82) is 0 Å². The van der Waals surface area contributed by atoms with Gasteiger partial charge in [-0.1, -0.05) is 12.8 Å². The van der Waals surface area contributed by atoms with Crippen molar-refractivity contribution in [1.82, 2.24) is 9.78 Å². The summed E-state index contributed by atoms with van der Waals surface area (Å²) in [6.45, 7) is 1.66. The van der Waals surface area contributed by atoms with Gasteiger partial charge in [0.25, 0.3) is 9.05 Å². The predicted molar refractivity (Wildman–Crippen MR) is 63.5 cm³/mol. The van der Waals surface area contributed by atoms with Gasteiger partial charge in [0.1, 0.15) is 4.90 Å². The second-order valence-electron chi connectivity index (χ2n) is 4.40. The Labute approximate surface area is 105 Å². The highest BCUT2D eigenvalue weighted by atomic mass is 35.7. The Balaban J connectivity index is 2.37. The highest BCUT2D eigenvalue weighted by Gasteiger charge is 2.28. The number of hydrogen-bond acceptors (Lipinski definition) is 4. The molecule has 1 N–H and O–H groups in total. The van der Waals surface area contributed by atoms with Crippen molar-refractivity contribution in [2.75, 3.05) is 0 Å². The molecule has 2 atom stereocenters. The van der Waals surface area contributed by atoms with E-state index in [9.17, 15) is 13.5 Å². The topological polar surface area (TPSA) is 72.2 Å². The van der Waals surface area contributed by atoms with Gasteiger partial charge in [-0.3, -0.25) is 4.68 Å². The van der Waals surface area contributed by atoms with Crippen molar-refractivity contribution >= 4 is 19.7 Å². The minimum absolute atomic E-state index is 0.0249. The number of nitrogens with zero attached hydrogens (tertiary/aromatic N) is 2. The standard InChI is InChI=1S/C10H15ClN2O3S/c1-7-10(17(11,15)16)6-12-13(7)8-4-2-3-5-9(8)14/h6,8-9,14H,2-5H2,1H3. The summed E-state index contributed by atoms with van der Waals surface area (Å²) in [5.41, 5.74) is 0.492. The monoisotopic (exact) mass is 278 g/mol. The van der Waals surface area contributed by atoms with Gasteiger partial charge < -0.3 is 5.11 Å². The molecule has 1 aromatic heterocycles. The second kappa shape index (κ2) is 4.59. The Kier molecular flexibility index (Phi) is 3.47. The molecule has 2 rings (SSSR count). The average molecular weight is 279 g/mol. The summed E-state index contributed by atoms with van der Waals surface area (Å²) in [5, 5.41) is 14.0. The van der Waals surface area contributed by atoms with Gasteiger partial charge in [-0.25, -0.2) is 8.42 Å². The van der Waals surface area contributed by atoms with Crippen LogP contribution in [-0.4, -0.2) is 29.4 Å². The molecule has 0 aliphatic heterocycles. The van der Waals surface area contributed by atoms with Gasteiger partial charge in [-0.05, 0) is 19.8 Å². The molecule has 1 heterocycles. The van der Waals surface area contributed by atoms with Crippen LogP contribution in [0.15, 0.2) is 11.1 Å². The molecule has 17 heavy (non-hydrogen) atoms. The number of aromatic nitrogens is 2. The van der Waals surface area contributed by atoms with Gasteiger partial charge in [-0.15, -0.1) is 0 Å². The van der Waals surface area contributed by atoms with E-state index in [-0.39, 0.29) is 10.9 Å². The summed E-state index contributed by atoms with van der Waals surface area (Å²) >= 11 is 0. The van der Waals surface area contributed by atoms with Crippen molar-refractivity contribution < 1.29 is 13.5 Å². The maximum Gasteiger partial charge on any atom is 0.264 e. The van der Waals surface area contributed by atoms with Crippen LogP contribution in [-0.2, 0) is 9.05 Å². The Bertz CT molecular complexity index is 512. The lowest BCUT2D eigenvalue weighted by Gasteiger charge is -2.28. The summed E-state index contributed by atoms with van der Waals surface area (Å²) in [6, 6.07) is -0.143. The van der Waals surface area contributed by atoms with Crippen molar-refractivity contribution in [3.05, 3.63) is 11.9 Å². The quantitative estimate of drug-likeness (QED) is 0.834. The normalized spacial score (nSPS) is 26.1. The molecule has 2 unspecified atom stereocenters. The molecule has 1 aliphatic carbocycles. The Morgan fingerprint density at radius 1 is 1.47 bits per heavy atom. The van der Waals surface area contributed by atoms with Crippen LogP contribution in [0.2, 0.25) is 0 Å². The summed E-state index contributed by atoms with van der Waals surface area (Å²) < 4.78 is 24.1. The first kappa shape index (κ1) is 12.9. The smallest absolute Gasteiger partial charge is 0.264 e. The highest BCUT2D eigenvalue weighted by molar-refractivity contribution is 8.13. The summed E-state index contributed by atoms with van der Waals surface area (Å²) in [7, 11) is 1.55. The molecule has 0 saturated heterocycles. The van der Waals surface area contributed by atoms with Gasteiger partial charge in [0, 0.05) is 10.7 Å². The first-order valence-corrected chi connectivity index (χ1v) is 7.89. The third-order valence-corrected chi connectivity index (χ3v) is 4.70. The molecule has 96 valence electrons. The van der Waals surface area contributed by atoms with Gasteiger partial charge in [-0.2, -0.15) is 5.10 Å². The molecule has 0 amide bonds. The predicted octanol–water partition coefficient (Wildman–Crippen LogP) is 1.60. The molecule has 0 bridgehead atoms. The minimum atomic E-state index is -3.76. The Morgan fingerprint density at radius 3 is 2.65 bits per heavy atom. The Morgan fingerprint density at radius 2 is 2.12 bits per heavy atom. The molecule has 0 radical (unpaired) electrons. The number of halogens is 1. The molecule has 7 heteroatoms. The molecular formula is C10H15ClN2O3S. The number of aliphatic hydroxyl groups excluding tert-OH is 1. The van der Waals surface area contributed by atoms with Gasteiger partial charge in [0.2, 0.25) is 0 Å². The maximum absolute atomic E-state index is 11.3. The van der Waals surface area contributed by atoms with Crippen molar-refractivity contribution in [2.24, 2.45) is 0 Å². The summed E-state index contributed by atoms with van der Waals surface area (Å²) in [6.07, 6.45) is 4.34. The third kappa shape index (κ3) is 2.48. The zero-order valence-electron chi connectivity index (χ0n) is 9.50. The van der Waals surface area contributed by atoms with Crippen molar-refractivity contribution in [3.8, 4) is 0 Å². The summed E-state index contributed by atoms with van der Waals surface area (Å²) in [4.78, 5) is 0.0249. The van der Waals surface area contributed by atoms with Crippen molar-refractivity contribution in [2.45, 2.75) is 49.6 Å². The zero-order chi connectivity index (χ0) is 12.6. The number of rotatable bonds is 2. The third-order valence-electron chi connectivity index (χ3n) is 3.27. The minimum Gasteiger partial charge on any atom is -0.391 e. The van der Waals surface area contributed by atoms with Crippen LogP contribution in [0.3, 0.4) is 0 Å². The van der Waals surface area contributed by atoms with E-state index in [4.69, 9.17) is 10.7 Å². The Hall–Kier alpha value is -0.590. The fraction of sp³-hybridized carbons (Fsp3) is 0.700. The van der Waals surface area contributed by atoms with E-state index < -0.39 is 15.2 Å². The van der Waals surface area contributed by atoms with Crippen LogP contribution in [0.5, 0.6) is 0 Å². The number of hydrogen-bond donors (Lipinski definition) is 1. The highest BCUT2D eigenvalue weighted by Crippen LogP contribution is 2.31. The summed E-state index contributed by atoms with van der Waals surface area (Å²) in [5.74, 6) is 0. The van der Waals surface area contributed by atoms with Crippen molar-refractivity contribution in [3.63, 3.8) is 0 Å². The SMILES string of the molecule is Cc1c(S(=O)(=O)Cl)cnn1C1CCCCC1O. The largest absolute Gasteiger partial charge is 0.391 e. The lowest BCUT2D eigenvalue weighted by molar-refractivity contribution is 0.0682. The van der Waals surface area contributed by atoms with Crippen LogP contribution >= 0.6 is 10.7 Å². The molecule has 1 aromatic rings. The molecule has 0 aromatic carbocycles. The van der Waals surface area contributed by atoms with Crippen LogP contribution in [0.4, 0.5) is 0 Å². The van der Waals surface area contributed by atoms with Gasteiger partial charge >= 0.3 is 0 Å². The van der Waals surface area contributed by atoms with Gasteiger partial charge in [0.05, 0.1) is 24.0 Å². The molecule has 5 nitrogen and oxygen atoms in total. The second-order valence-corrected chi connectivity index (χ2v) is 6.93. The van der Waals surface area contributed by atoms with E-state index in [1.54, 1.807) is 11.6 Å². The van der Waals surface area contributed by atoms with Crippen LogP contribution in [0.1, 0.15) is 37.4 Å².